The number of ether oxygens (including phenoxy) is 2. The summed E-state index contributed by atoms with van der Waals surface area (Å²) in [6.07, 6.45) is -4.31. The van der Waals surface area contributed by atoms with Gasteiger partial charge in [0.15, 0.2) is 11.5 Å². The Bertz CT molecular complexity index is 663. The number of likely N-dealkylation sites (tertiary alicyclic amines) is 1. The molecule has 2 amide bonds. The second-order valence-electron chi connectivity index (χ2n) is 5.55. The number of benzene rings is 1. The van der Waals surface area contributed by atoms with Crippen LogP contribution < -0.4 is 14.8 Å². The van der Waals surface area contributed by atoms with Crippen LogP contribution in [0.4, 0.5) is 13.2 Å². The van der Waals surface area contributed by atoms with Crippen molar-refractivity contribution in [2.45, 2.75) is 18.6 Å². The maximum atomic E-state index is 12.4. The summed E-state index contributed by atoms with van der Waals surface area (Å²) in [5, 5.41) is 2.47. The van der Waals surface area contributed by atoms with Crippen LogP contribution in [-0.4, -0.2) is 55.2 Å². The molecule has 0 saturated carbocycles. The van der Waals surface area contributed by atoms with Crippen LogP contribution in [0.2, 0.25) is 0 Å². The Morgan fingerprint density at radius 3 is 2.67 bits per heavy atom. The predicted molar refractivity (Wildman–Crippen MR) is 75.9 cm³/mol. The molecule has 0 bridgehead atoms. The minimum Gasteiger partial charge on any atom is -0.486 e. The van der Waals surface area contributed by atoms with Crippen LogP contribution in [-0.2, 0) is 4.79 Å². The molecule has 1 aromatic rings. The van der Waals surface area contributed by atoms with Crippen LogP contribution in [0, 0.1) is 0 Å². The van der Waals surface area contributed by atoms with Gasteiger partial charge in [-0.15, -0.1) is 0 Å². The van der Waals surface area contributed by atoms with Gasteiger partial charge in [0.25, 0.3) is 5.91 Å². The summed E-state index contributed by atoms with van der Waals surface area (Å²) in [6.45, 7) is -0.553. The molecular weight excluding hydrogens is 329 g/mol. The van der Waals surface area contributed by atoms with Gasteiger partial charge in [0.2, 0.25) is 5.91 Å². The van der Waals surface area contributed by atoms with Gasteiger partial charge in [-0.2, -0.15) is 13.2 Å². The first-order valence-electron chi connectivity index (χ1n) is 7.39. The lowest BCUT2D eigenvalue weighted by Gasteiger charge is -2.20. The van der Waals surface area contributed by atoms with E-state index in [1.54, 1.807) is 6.07 Å². The number of hydrogen-bond acceptors (Lipinski definition) is 4. The Morgan fingerprint density at radius 1 is 1.25 bits per heavy atom. The Hall–Kier alpha value is -2.45. The Morgan fingerprint density at radius 2 is 1.96 bits per heavy atom. The second-order valence-corrected chi connectivity index (χ2v) is 5.55. The fourth-order valence-corrected chi connectivity index (χ4v) is 2.67. The third-order valence-corrected chi connectivity index (χ3v) is 3.78. The summed E-state index contributed by atoms with van der Waals surface area (Å²) in [6, 6.07) is 3.62. The Labute approximate surface area is 135 Å². The lowest BCUT2D eigenvalue weighted by atomic mass is 10.1. The zero-order valence-electron chi connectivity index (χ0n) is 12.6. The predicted octanol–water partition coefficient (Wildman–Crippen LogP) is 1.35. The van der Waals surface area contributed by atoms with E-state index in [0.29, 0.717) is 29.6 Å². The number of amides is 2. The van der Waals surface area contributed by atoms with Gasteiger partial charge in [-0.1, -0.05) is 0 Å². The number of nitrogens with one attached hydrogen (secondary N) is 1. The number of rotatable bonds is 3. The lowest BCUT2D eigenvalue weighted by Crippen LogP contribution is -2.43. The monoisotopic (exact) mass is 344 g/mol. The topological polar surface area (TPSA) is 67.9 Å². The minimum absolute atomic E-state index is 0.0373. The Kier molecular flexibility index (Phi) is 4.25. The molecule has 1 atom stereocenters. The Balaban J connectivity index is 1.64. The molecular formula is C15H15F3N2O4. The maximum absolute atomic E-state index is 12.4. The van der Waals surface area contributed by atoms with Crippen molar-refractivity contribution in [3.05, 3.63) is 23.8 Å². The number of nitrogens with zero attached hydrogens (tertiary/aromatic N) is 1. The van der Waals surface area contributed by atoms with Crippen molar-refractivity contribution in [2.75, 3.05) is 26.3 Å². The first kappa shape index (κ1) is 16.4. The largest absolute Gasteiger partial charge is 0.486 e. The highest BCUT2D eigenvalue weighted by Gasteiger charge is 2.39. The highest BCUT2D eigenvalue weighted by molar-refractivity contribution is 5.98. The lowest BCUT2D eigenvalue weighted by molar-refractivity contribution is -0.157. The SMILES string of the molecule is O=C(N[C@@H]1CCN(CC(F)(F)F)C1=O)c1ccc2c(c1)OCCO2. The molecule has 2 heterocycles. The number of halogens is 3. The fourth-order valence-electron chi connectivity index (χ4n) is 2.67. The summed E-state index contributed by atoms with van der Waals surface area (Å²) in [5.74, 6) is -0.325. The van der Waals surface area contributed by atoms with Crippen LogP contribution in [0.15, 0.2) is 18.2 Å². The summed E-state index contributed by atoms with van der Waals surface area (Å²) >= 11 is 0. The average Bonchev–Trinajstić information content (AvgIpc) is 2.86. The van der Waals surface area contributed by atoms with E-state index >= 15 is 0 Å². The first-order valence-corrected chi connectivity index (χ1v) is 7.39. The molecule has 1 saturated heterocycles. The number of carbonyl (C=O) groups is 2. The van der Waals surface area contributed by atoms with Gasteiger partial charge in [-0.3, -0.25) is 9.59 Å². The molecule has 2 aliphatic heterocycles. The highest BCUT2D eigenvalue weighted by Crippen LogP contribution is 2.30. The van der Waals surface area contributed by atoms with Crippen molar-refractivity contribution in [2.24, 2.45) is 0 Å². The van der Waals surface area contributed by atoms with Crippen LogP contribution in [0.3, 0.4) is 0 Å². The first-order chi connectivity index (χ1) is 11.3. The van der Waals surface area contributed by atoms with Gasteiger partial charge in [0.1, 0.15) is 25.8 Å². The van der Waals surface area contributed by atoms with Gasteiger partial charge in [0, 0.05) is 12.1 Å². The van der Waals surface area contributed by atoms with E-state index < -0.39 is 30.6 Å². The number of carbonyl (C=O) groups excluding carboxylic acids is 2. The third kappa shape index (κ3) is 3.55. The summed E-state index contributed by atoms with van der Waals surface area (Å²) in [5.41, 5.74) is 0.251. The zero-order chi connectivity index (χ0) is 17.3. The molecule has 1 fully saturated rings. The van der Waals surface area contributed by atoms with Crippen LogP contribution in [0.1, 0.15) is 16.8 Å². The molecule has 3 rings (SSSR count). The normalized spacial score (nSPS) is 20.2. The van der Waals surface area contributed by atoms with Crippen molar-refractivity contribution in [3.63, 3.8) is 0 Å². The molecule has 0 unspecified atom stereocenters. The van der Waals surface area contributed by atoms with E-state index in [9.17, 15) is 22.8 Å². The van der Waals surface area contributed by atoms with Gasteiger partial charge >= 0.3 is 6.18 Å². The summed E-state index contributed by atoms with van der Waals surface area (Å²) in [7, 11) is 0. The quantitative estimate of drug-likeness (QED) is 0.899. The van der Waals surface area contributed by atoms with Gasteiger partial charge in [-0.05, 0) is 24.6 Å². The molecule has 0 spiro atoms. The molecule has 0 radical (unpaired) electrons. The van der Waals surface area contributed by atoms with Gasteiger partial charge in [0.05, 0.1) is 0 Å². The molecule has 0 aliphatic carbocycles. The molecule has 24 heavy (non-hydrogen) atoms. The minimum atomic E-state index is -4.45. The average molecular weight is 344 g/mol. The molecule has 0 aromatic heterocycles. The van der Waals surface area contributed by atoms with Crippen molar-refractivity contribution < 1.29 is 32.2 Å². The van der Waals surface area contributed by atoms with Gasteiger partial charge in [-0.25, -0.2) is 0 Å². The molecule has 1 aromatic carbocycles. The van der Waals surface area contributed by atoms with E-state index in [4.69, 9.17) is 9.47 Å². The second kappa shape index (κ2) is 6.21. The van der Waals surface area contributed by atoms with Crippen molar-refractivity contribution >= 4 is 11.8 Å². The smallest absolute Gasteiger partial charge is 0.406 e. The molecule has 2 aliphatic rings. The van der Waals surface area contributed by atoms with Crippen molar-refractivity contribution in [1.82, 2.24) is 10.2 Å². The zero-order valence-corrected chi connectivity index (χ0v) is 12.6. The molecule has 9 heteroatoms. The van der Waals surface area contributed by atoms with Gasteiger partial charge < -0.3 is 19.7 Å². The van der Waals surface area contributed by atoms with Crippen LogP contribution in [0.5, 0.6) is 11.5 Å². The van der Waals surface area contributed by atoms with Crippen LogP contribution >= 0.6 is 0 Å². The summed E-state index contributed by atoms with van der Waals surface area (Å²) in [4.78, 5) is 24.9. The number of alkyl halides is 3. The summed E-state index contributed by atoms with van der Waals surface area (Å²) < 4.78 is 47.9. The number of hydrogen-bond donors (Lipinski definition) is 1. The van der Waals surface area contributed by atoms with Crippen molar-refractivity contribution in [3.8, 4) is 11.5 Å². The number of fused-ring (bicyclic) bond motifs is 1. The van der Waals surface area contributed by atoms with E-state index in [1.807, 2.05) is 0 Å². The molecule has 130 valence electrons. The highest BCUT2D eigenvalue weighted by atomic mass is 19.4. The maximum Gasteiger partial charge on any atom is 0.406 e. The fraction of sp³-hybridized carbons (Fsp3) is 0.467. The van der Waals surface area contributed by atoms with Crippen LogP contribution in [0.25, 0.3) is 0 Å². The standard InChI is InChI=1S/C15H15F3N2O4/c16-15(17,18)8-20-4-3-10(14(20)22)19-13(21)9-1-2-11-12(7-9)24-6-5-23-11/h1-2,7,10H,3-6,8H2,(H,19,21)/t10-/m1/s1. The van der Waals surface area contributed by atoms with E-state index in [2.05, 4.69) is 5.32 Å². The third-order valence-electron chi connectivity index (χ3n) is 3.78. The van der Waals surface area contributed by atoms with Crippen molar-refractivity contribution in [1.29, 1.82) is 0 Å². The van der Waals surface area contributed by atoms with E-state index in [1.165, 1.54) is 12.1 Å². The molecule has 6 nitrogen and oxygen atoms in total. The van der Waals surface area contributed by atoms with E-state index in [0.717, 1.165) is 0 Å². The van der Waals surface area contributed by atoms with E-state index in [-0.39, 0.29) is 18.5 Å². The molecule has 1 N–H and O–H groups in total.